The molecule has 2 rings (SSSR count). The standard InChI is InChI=1S/C22H34O2/c1-7-8-9-10-13-24-20-17(15-23)16(2)14-18-19(20)22(5,6)12-11-21(18,3)4/h14-15H,7-13H2,1-6H3. The summed E-state index contributed by atoms with van der Waals surface area (Å²) in [5, 5.41) is 0. The van der Waals surface area contributed by atoms with Gasteiger partial charge in [-0.1, -0.05) is 59.9 Å². The summed E-state index contributed by atoms with van der Waals surface area (Å²) in [5.41, 5.74) is 4.60. The number of rotatable bonds is 7. The Morgan fingerprint density at radius 1 is 1.08 bits per heavy atom. The van der Waals surface area contributed by atoms with E-state index in [-0.39, 0.29) is 10.8 Å². The molecule has 24 heavy (non-hydrogen) atoms. The highest BCUT2D eigenvalue weighted by Gasteiger charge is 2.40. The second-order valence-corrected chi connectivity index (χ2v) is 8.65. The predicted octanol–water partition coefficient (Wildman–Crippen LogP) is 6.12. The van der Waals surface area contributed by atoms with Gasteiger partial charge in [-0.05, 0) is 48.1 Å². The Labute approximate surface area is 148 Å². The fourth-order valence-electron chi connectivity index (χ4n) is 3.89. The Hall–Kier alpha value is -1.31. The van der Waals surface area contributed by atoms with E-state index in [1.165, 1.54) is 36.8 Å². The fraction of sp³-hybridized carbons (Fsp3) is 0.682. The zero-order chi connectivity index (χ0) is 18.0. The molecule has 0 aliphatic heterocycles. The van der Waals surface area contributed by atoms with Gasteiger partial charge in [-0.3, -0.25) is 4.79 Å². The van der Waals surface area contributed by atoms with Crippen molar-refractivity contribution in [3.63, 3.8) is 0 Å². The van der Waals surface area contributed by atoms with Crippen LogP contribution in [0.4, 0.5) is 0 Å². The quantitative estimate of drug-likeness (QED) is 0.445. The molecule has 2 nitrogen and oxygen atoms in total. The van der Waals surface area contributed by atoms with Crippen LogP contribution in [-0.4, -0.2) is 12.9 Å². The number of ether oxygens (including phenoxy) is 1. The third kappa shape index (κ3) is 3.68. The van der Waals surface area contributed by atoms with Crippen molar-refractivity contribution in [3.05, 3.63) is 28.3 Å². The SMILES string of the molecule is CCCCCCOc1c(C=O)c(C)cc2c1C(C)(C)CCC2(C)C. The smallest absolute Gasteiger partial charge is 0.154 e. The molecular weight excluding hydrogens is 296 g/mol. The van der Waals surface area contributed by atoms with Gasteiger partial charge < -0.3 is 4.74 Å². The molecule has 0 saturated heterocycles. The summed E-state index contributed by atoms with van der Waals surface area (Å²) in [6, 6.07) is 2.23. The van der Waals surface area contributed by atoms with E-state index in [1.54, 1.807) is 0 Å². The Kier molecular flexibility index (Phi) is 5.78. The number of unbranched alkanes of at least 4 members (excludes halogenated alkanes) is 3. The Morgan fingerprint density at radius 2 is 1.75 bits per heavy atom. The van der Waals surface area contributed by atoms with Crippen LogP contribution in [0.25, 0.3) is 0 Å². The van der Waals surface area contributed by atoms with Crippen molar-refractivity contribution >= 4 is 6.29 Å². The number of benzene rings is 1. The van der Waals surface area contributed by atoms with Crippen LogP contribution in [0.1, 0.15) is 100 Å². The number of carbonyl (C=O) groups is 1. The maximum Gasteiger partial charge on any atom is 0.154 e. The molecule has 0 unspecified atom stereocenters. The Bertz CT molecular complexity index is 596. The summed E-state index contributed by atoms with van der Waals surface area (Å²) in [6.07, 6.45) is 7.99. The van der Waals surface area contributed by atoms with Gasteiger partial charge in [-0.2, -0.15) is 0 Å². The van der Waals surface area contributed by atoms with Crippen LogP contribution >= 0.6 is 0 Å². The summed E-state index contributed by atoms with van der Waals surface area (Å²) in [6.45, 7) is 14.1. The molecule has 0 N–H and O–H groups in total. The van der Waals surface area contributed by atoms with Gasteiger partial charge in [-0.15, -0.1) is 0 Å². The predicted molar refractivity (Wildman–Crippen MR) is 101 cm³/mol. The second kappa shape index (κ2) is 7.29. The fourth-order valence-corrected chi connectivity index (χ4v) is 3.89. The lowest BCUT2D eigenvalue weighted by atomic mass is 9.62. The third-order valence-electron chi connectivity index (χ3n) is 5.67. The van der Waals surface area contributed by atoms with Gasteiger partial charge >= 0.3 is 0 Å². The first-order valence-corrected chi connectivity index (χ1v) is 9.51. The van der Waals surface area contributed by atoms with Gasteiger partial charge in [0.15, 0.2) is 6.29 Å². The molecule has 134 valence electrons. The Morgan fingerprint density at radius 3 is 2.38 bits per heavy atom. The van der Waals surface area contributed by atoms with Gasteiger partial charge in [0.25, 0.3) is 0 Å². The zero-order valence-electron chi connectivity index (χ0n) is 16.4. The average Bonchev–Trinajstić information content (AvgIpc) is 2.51. The van der Waals surface area contributed by atoms with Crippen molar-refractivity contribution < 1.29 is 9.53 Å². The number of aldehydes is 1. The van der Waals surface area contributed by atoms with E-state index in [1.807, 2.05) is 6.92 Å². The van der Waals surface area contributed by atoms with Crippen molar-refractivity contribution in [2.75, 3.05) is 6.61 Å². The Balaban J connectivity index is 2.47. The summed E-state index contributed by atoms with van der Waals surface area (Å²) in [7, 11) is 0. The third-order valence-corrected chi connectivity index (χ3v) is 5.67. The highest BCUT2D eigenvalue weighted by Crippen LogP contribution is 2.50. The largest absolute Gasteiger partial charge is 0.493 e. The summed E-state index contributed by atoms with van der Waals surface area (Å²) in [5.74, 6) is 0.856. The molecule has 1 aliphatic rings. The van der Waals surface area contributed by atoms with E-state index in [4.69, 9.17) is 4.74 Å². The molecule has 0 bridgehead atoms. The number of carbonyl (C=O) groups excluding carboxylic acids is 1. The normalized spacial score (nSPS) is 18.1. The monoisotopic (exact) mass is 330 g/mol. The van der Waals surface area contributed by atoms with Crippen LogP contribution in [0.15, 0.2) is 6.07 Å². The van der Waals surface area contributed by atoms with Crippen molar-refractivity contribution in [1.29, 1.82) is 0 Å². The van der Waals surface area contributed by atoms with Crippen LogP contribution in [-0.2, 0) is 10.8 Å². The molecule has 2 heteroatoms. The van der Waals surface area contributed by atoms with E-state index in [0.29, 0.717) is 6.61 Å². The maximum atomic E-state index is 11.8. The van der Waals surface area contributed by atoms with Crippen molar-refractivity contribution in [1.82, 2.24) is 0 Å². The van der Waals surface area contributed by atoms with Crippen LogP contribution in [0.3, 0.4) is 0 Å². The molecule has 0 saturated carbocycles. The van der Waals surface area contributed by atoms with Crippen LogP contribution in [0.2, 0.25) is 0 Å². The van der Waals surface area contributed by atoms with Gasteiger partial charge in [0, 0.05) is 5.56 Å². The lowest BCUT2D eigenvalue weighted by molar-refractivity contribution is 0.111. The molecule has 1 aromatic carbocycles. The van der Waals surface area contributed by atoms with E-state index in [2.05, 4.69) is 40.7 Å². The first kappa shape index (κ1) is 19.0. The molecule has 0 heterocycles. The minimum atomic E-state index is 0.0507. The molecule has 0 fully saturated rings. The number of hydrogen-bond acceptors (Lipinski definition) is 2. The topological polar surface area (TPSA) is 26.3 Å². The lowest BCUT2D eigenvalue weighted by Crippen LogP contribution is -2.35. The van der Waals surface area contributed by atoms with Crippen LogP contribution < -0.4 is 4.74 Å². The van der Waals surface area contributed by atoms with E-state index < -0.39 is 0 Å². The summed E-state index contributed by atoms with van der Waals surface area (Å²) < 4.78 is 6.25. The highest BCUT2D eigenvalue weighted by atomic mass is 16.5. The first-order chi connectivity index (χ1) is 11.2. The lowest BCUT2D eigenvalue weighted by Gasteiger charge is -2.43. The average molecular weight is 331 g/mol. The van der Waals surface area contributed by atoms with Crippen molar-refractivity contribution in [2.45, 2.75) is 90.9 Å². The summed E-state index contributed by atoms with van der Waals surface area (Å²) >= 11 is 0. The van der Waals surface area contributed by atoms with Gasteiger partial charge in [-0.25, -0.2) is 0 Å². The van der Waals surface area contributed by atoms with Gasteiger partial charge in [0.05, 0.1) is 12.2 Å². The van der Waals surface area contributed by atoms with Crippen LogP contribution in [0, 0.1) is 6.92 Å². The molecule has 0 aromatic heterocycles. The second-order valence-electron chi connectivity index (χ2n) is 8.65. The van der Waals surface area contributed by atoms with Gasteiger partial charge in [0.1, 0.15) is 5.75 Å². The minimum absolute atomic E-state index is 0.0507. The number of aryl methyl sites for hydroxylation is 1. The van der Waals surface area contributed by atoms with Gasteiger partial charge in [0.2, 0.25) is 0 Å². The van der Waals surface area contributed by atoms with E-state index in [0.717, 1.165) is 36.0 Å². The molecule has 0 spiro atoms. The molecule has 0 amide bonds. The minimum Gasteiger partial charge on any atom is -0.493 e. The first-order valence-electron chi connectivity index (χ1n) is 9.51. The summed E-state index contributed by atoms with van der Waals surface area (Å²) in [4.78, 5) is 11.8. The molecular formula is C22H34O2. The van der Waals surface area contributed by atoms with Crippen LogP contribution in [0.5, 0.6) is 5.75 Å². The molecule has 0 radical (unpaired) electrons. The number of hydrogen-bond donors (Lipinski definition) is 0. The molecule has 1 aromatic rings. The van der Waals surface area contributed by atoms with Crippen molar-refractivity contribution in [2.24, 2.45) is 0 Å². The zero-order valence-corrected chi connectivity index (χ0v) is 16.4. The molecule has 1 aliphatic carbocycles. The van der Waals surface area contributed by atoms with E-state index in [9.17, 15) is 4.79 Å². The molecule has 0 atom stereocenters. The maximum absolute atomic E-state index is 11.8. The van der Waals surface area contributed by atoms with E-state index >= 15 is 0 Å². The van der Waals surface area contributed by atoms with Crippen molar-refractivity contribution in [3.8, 4) is 5.75 Å². The number of fused-ring (bicyclic) bond motifs is 1. The highest BCUT2D eigenvalue weighted by molar-refractivity contribution is 5.84.